The zero-order chi connectivity index (χ0) is 15.5. The van der Waals surface area contributed by atoms with Crippen LogP contribution in [0.5, 0.6) is 0 Å². The molecular formula is C16H15N5O. The minimum atomic E-state index is -0.284. The standard InChI is InChI=1S/C16H15N5O/c1-11(2)9-13-6-3-7-14-18-16(20-21(13)14)19-15(22)12-5-4-8-17-10-12/h3-10H,1-2H3,(H,19,20,22). The molecule has 1 N–H and O–H groups in total. The summed E-state index contributed by atoms with van der Waals surface area (Å²) >= 11 is 0. The zero-order valence-electron chi connectivity index (χ0n) is 12.3. The highest BCUT2D eigenvalue weighted by Gasteiger charge is 2.11. The lowest BCUT2D eigenvalue weighted by molar-refractivity contribution is 0.102. The quantitative estimate of drug-likeness (QED) is 0.806. The maximum Gasteiger partial charge on any atom is 0.259 e. The van der Waals surface area contributed by atoms with Gasteiger partial charge in [0, 0.05) is 12.4 Å². The van der Waals surface area contributed by atoms with Crippen molar-refractivity contribution in [3.8, 4) is 0 Å². The number of anilines is 1. The molecule has 3 rings (SSSR count). The van der Waals surface area contributed by atoms with E-state index >= 15 is 0 Å². The van der Waals surface area contributed by atoms with E-state index < -0.39 is 0 Å². The molecule has 0 bridgehead atoms. The second-order valence-corrected chi connectivity index (χ2v) is 5.07. The molecule has 110 valence electrons. The predicted octanol–water partition coefficient (Wildman–Crippen LogP) is 2.80. The molecule has 0 atom stereocenters. The van der Waals surface area contributed by atoms with Crippen molar-refractivity contribution in [3.05, 3.63) is 59.6 Å². The molecule has 0 aliphatic rings. The number of rotatable bonds is 3. The van der Waals surface area contributed by atoms with Crippen LogP contribution >= 0.6 is 0 Å². The first-order chi connectivity index (χ1) is 10.6. The monoisotopic (exact) mass is 293 g/mol. The average molecular weight is 293 g/mol. The first kappa shape index (κ1) is 13.9. The molecular weight excluding hydrogens is 278 g/mol. The Labute approximate surface area is 127 Å². The van der Waals surface area contributed by atoms with Gasteiger partial charge in [-0.15, -0.1) is 5.10 Å². The van der Waals surface area contributed by atoms with Gasteiger partial charge in [-0.25, -0.2) is 4.52 Å². The van der Waals surface area contributed by atoms with E-state index in [4.69, 9.17) is 0 Å². The second kappa shape index (κ2) is 5.77. The third-order valence-electron chi connectivity index (χ3n) is 2.97. The summed E-state index contributed by atoms with van der Waals surface area (Å²) in [5, 5.41) is 7.03. The summed E-state index contributed by atoms with van der Waals surface area (Å²) in [4.78, 5) is 20.3. The molecule has 0 aromatic carbocycles. The molecule has 0 saturated heterocycles. The molecule has 3 aromatic heterocycles. The van der Waals surface area contributed by atoms with Gasteiger partial charge in [-0.2, -0.15) is 4.98 Å². The first-order valence-electron chi connectivity index (χ1n) is 6.85. The van der Waals surface area contributed by atoms with E-state index in [0.717, 1.165) is 11.3 Å². The maximum atomic E-state index is 12.1. The summed E-state index contributed by atoms with van der Waals surface area (Å²) < 4.78 is 1.70. The Morgan fingerprint density at radius 3 is 2.82 bits per heavy atom. The lowest BCUT2D eigenvalue weighted by atomic mass is 10.2. The summed E-state index contributed by atoms with van der Waals surface area (Å²) in [5.41, 5.74) is 3.21. The van der Waals surface area contributed by atoms with Crippen LogP contribution in [-0.4, -0.2) is 25.5 Å². The maximum absolute atomic E-state index is 12.1. The number of carbonyl (C=O) groups excluding carboxylic acids is 1. The highest BCUT2D eigenvalue weighted by Crippen LogP contribution is 2.12. The van der Waals surface area contributed by atoms with Crippen LogP contribution in [0.4, 0.5) is 5.95 Å². The average Bonchev–Trinajstić information content (AvgIpc) is 2.91. The molecule has 3 aromatic rings. The van der Waals surface area contributed by atoms with E-state index in [1.807, 2.05) is 38.1 Å². The highest BCUT2D eigenvalue weighted by atomic mass is 16.1. The summed E-state index contributed by atoms with van der Waals surface area (Å²) in [6.07, 6.45) is 5.12. The van der Waals surface area contributed by atoms with Gasteiger partial charge in [-0.05, 0) is 44.2 Å². The second-order valence-electron chi connectivity index (χ2n) is 5.07. The van der Waals surface area contributed by atoms with Crippen LogP contribution in [0.25, 0.3) is 11.7 Å². The largest absolute Gasteiger partial charge is 0.289 e. The fraction of sp³-hybridized carbons (Fsp3) is 0.125. The molecule has 6 heteroatoms. The molecule has 0 aliphatic carbocycles. The van der Waals surface area contributed by atoms with Crippen molar-refractivity contribution in [2.45, 2.75) is 13.8 Å². The Bertz CT molecular complexity index is 847. The lowest BCUT2D eigenvalue weighted by Gasteiger charge is -1.99. The number of hydrogen-bond donors (Lipinski definition) is 1. The number of allylic oxidation sites excluding steroid dienone is 1. The summed E-state index contributed by atoms with van der Waals surface area (Å²) in [7, 11) is 0. The van der Waals surface area contributed by atoms with Crippen molar-refractivity contribution in [2.75, 3.05) is 5.32 Å². The van der Waals surface area contributed by atoms with Crippen molar-refractivity contribution >= 4 is 23.6 Å². The van der Waals surface area contributed by atoms with Gasteiger partial charge >= 0.3 is 0 Å². The lowest BCUT2D eigenvalue weighted by Crippen LogP contribution is -2.13. The van der Waals surface area contributed by atoms with Gasteiger partial charge in [0.2, 0.25) is 5.95 Å². The van der Waals surface area contributed by atoms with Gasteiger partial charge in [0.05, 0.1) is 11.3 Å². The molecule has 22 heavy (non-hydrogen) atoms. The summed E-state index contributed by atoms with van der Waals surface area (Å²) in [6, 6.07) is 9.09. The number of pyridine rings is 2. The van der Waals surface area contributed by atoms with E-state index in [9.17, 15) is 4.79 Å². The predicted molar refractivity (Wildman–Crippen MR) is 84.5 cm³/mol. The van der Waals surface area contributed by atoms with E-state index in [1.54, 1.807) is 22.8 Å². The van der Waals surface area contributed by atoms with Gasteiger partial charge in [0.25, 0.3) is 5.91 Å². The number of amides is 1. The number of hydrogen-bond acceptors (Lipinski definition) is 4. The van der Waals surface area contributed by atoms with Gasteiger partial charge in [-0.3, -0.25) is 15.1 Å². The number of fused-ring (bicyclic) bond motifs is 1. The minimum Gasteiger partial charge on any atom is -0.289 e. The van der Waals surface area contributed by atoms with Gasteiger partial charge in [0.15, 0.2) is 5.65 Å². The van der Waals surface area contributed by atoms with Crippen LogP contribution in [0.2, 0.25) is 0 Å². The number of nitrogens with zero attached hydrogens (tertiary/aromatic N) is 4. The Balaban J connectivity index is 1.93. The Hall–Kier alpha value is -3.02. The van der Waals surface area contributed by atoms with E-state index in [-0.39, 0.29) is 11.9 Å². The van der Waals surface area contributed by atoms with Crippen LogP contribution in [0.1, 0.15) is 29.9 Å². The van der Waals surface area contributed by atoms with Crippen LogP contribution in [0.15, 0.2) is 48.3 Å². The van der Waals surface area contributed by atoms with Crippen molar-refractivity contribution in [3.63, 3.8) is 0 Å². The minimum absolute atomic E-state index is 0.267. The van der Waals surface area contributed by atoms with Crippen LogP contribution in [0.3, 0.4) is 0 Å². The molecule has 0 aliphatic heterocycles. The highest BCUT2D eigenvalue weighted by molar-refractivity contribution is 6.03. The van der Waals surface area contributed by atoms with Gasteiger partial charge in [0.1, 0.15) is 0 Å². The summed E-state index contributed by atoms with van der Waals surface area (Å²) in [5.74, 6) is -0.0174. The fourth-order valence-corrected chi connectivity index (χ4v) is 2.05. The van der Waals surface area contributed by atoms with E-state index in [2.05, 4.69) is 20.4 Å². The molecule has 6 nitrogen and oxygen atoms in total. The molecule has 0 radical (unpaired) electrons. The molecule has 0 spiro atoms. The Kier molecular flexibility index (Phi) is 3.65. The van der Waals surface area contributed by atoms with Crippen LogP contribution in [0, 0.1) is 0 Å². The normalized spacial score (nSPS) is 10.5. The van der Waals surface area contributed by atoms with Crippen molar-refractivity contribution in [1.82, 2.24) is 19.6 Å². The topological polar surface area (TPSA) is 72.2 Å². The molecule has 1 amide bonds. The summed E-state index contributed by atoms with van der Waals surface area (Å²) in [6.45, 7) is 4.03. The van der Waals surface area contributed by atoms with Crippen LogP contribution < -0.4 is 5.32 Å². The molecule has 3 heterocycles. The van der Waals surface area contributed by atoms with Crippen molar-refractivity contribution in [1.29, 1.82) is 0 Å². The number of aromatic nitrogens is 4. The zero-order valence-corrected chi connectivity index (χ0v) is 12.3. The van der Waals surface area contributed by atoms with Crippen molar-refractivity contribution in [2.24, 2.45) is 0 Å². The van der Waals surface area contributed by atoms with Gasteiger partial charge < -0.3 is 0 Å². The molecule has 0 unspecified atom stereocenters. The fourth-order valence-electron chi connectivity index (χ4n) is 2.05. The van der Waals surface area contributed by atoms with Crippen molar-refractivity contribution < 1.29 is 4.79 Å². The van der Waals surface area contributed by atoms with E-state index in [0.29, 0.717) is 11.2 Å². The number of nitrogens with one attached hydrogen (secondary N) is 1. The SMILES string of the molecule is CC(C)=Cc1cccc2nc(NC(=O)c3cccnc3)nn12. The smallest absolute Gasteiger partial charge is 0.259 e. The molecule has 0 saturated carbocycles. The third kappa shape index (κ3) is 2.85. The first-order valence-corrected chi connectivity index (χ1v) is 6.85. The Morgan fingerprint density at radius 1 is 1.23 bits per heavy atom. The third-order valence-corrected chi connectivity index (χ3v) is 2.97. The number of carbonyl (C=O) groups is 1. The van der Waals surface area contributed by atoms with E-state index in [1.165, 1.54) is 6.20 Å². The van der Waals surface area contributed by atoms with Gasteiger partial charge in [-0.1, -0.05) is 11.6 Å². The molecule has 0 fully saturated rings. The Morgan fingerprint density at radius 2 is 2.09 bits per heavy atom. The van der Waals surface area contributed by atoms with Crippen LogP contribution in [-0.2, 0) is 0 Å².